The lowest BCUT2D eigenvalue weighted by Crippen LogP contribution is -2.42. The zero-order valence-electron chi connectivity index (χ0n) is 15.2. The van der Waals surface area contributed by atoms with Gasteiger partial charge in [-0.25, -0.2) is 9.97 Å². The number of rotatable bonds is 3. The average Bonchev–Trinajstić information content (AvgIpc) is 3.16. The minimum atomic E-state index is -0.0100. The maximum Gasteiger partial charge on any atom is 0.274 e. The van der Waals surface area contributed by atoms with Gasteiger partial charge >= 0.3 is 0 Å². The average molecular weight is 389 g/mol. The van der Waals surface area contributed by atoms with E-state index in [1.807, 2.05) is 59.5 Å². The highest BCUT2D eigenvalue weighted by Crippen LogP contribution is 2.29. The van der Waals surface area contributed by atoms with E-state index in [9.17, 15) is 4.79 Å². The van der Waals surface area contributed by atoms with Crippen molar-refractivity contribution in [3.63, 3.8) is 0 Å². The van der Waals surface area contributed by atoms with Crippen LogP contribution in [0.5, 0.6) is 5.19 Å². The molecule has 1 fully saturated rings. The maximum absolute atomic E-state index is 12.8. The van der Waals surface area contributed by atoms with Gasteiger partial charge in [-0.05, 0) is 24.3 Å². The first-order valence-electron chi connectivity index (χ1n) is 9.43. The molecular formula is C22H19N3O2S. The predicted molar refractivity (Wildman–Crippen MR) is 111 cm³/mol. The zero-order valence-corrected chi connectivity index (χ0v) is 16.1. The molecular weight excluding hydrogens is 370 g/mol. The fourth-order valence-electron chi connectivity index (χ4n) is 3.57. The molecule has 6 heteroatoms. The molecule has 1 saturated heterocycles. The number of fused-ring (bicyclic) bond motifs is 2. The number of benzene rings is 2. The van der Waals surface area contributed by atoms with Crippen LogP contribution in [0.2, 0.25) is 0 Å². The van der Waals surface area contributed by atoms with Crippen molar-refractivity contribution in [1.29, 1.82) is 0 Å². The molecule has 0 atom stereocenters. The first-order valence-corrected chi connectivity index (χ1v) is 10.3. The summed E-state index contributed by atoms with van der Waals surface area (Å²) >= 11 is 1.57. The van der Waals surface area contributed by atoms with E-state index in [1.54, 1.807) is 11.3 Å². The van der Waals surface area contributed by atoms with Gasteiger partial charge in [-0.3, -0.25) is 4.79 Å². The van der Waals surface area contributed by atoms with Gasteiger partial charge in [-0.2, -0.15) is 0 Å². The fourth-order valence-corrected chi connectivity index (χ4v) is 4.45. The Hall–Kier alpha value is -2.99. The van der Waals surface area contributed by atoms with Gasteiger partial charge in [0.15, 0.2) is 0 Å². The molecule has 4 aromatic rings. The van der Waals surface area contributed by atoms with Crippen LogP contribution in [0.3, 0.4) is 0 Å². The van der Waals surface area contributed by atoms with Gasteiger partial charge in [-0.1, -0.05) is 47.7 Å². The van der Waals surface area contributed by atoms with Gasteiger partial charge in [0, 0.05) is 31.3 Å². The van der Waals surface area contributed by atoms with Crippen molar-refractivity contribution >= 4 is 38.4 Å². The third-order valence-corrected chi connectivity index (χ3v) is 6.02. The molecule has 0 bridgehead atoms. The number of ether oxygens (including phenoxy) is 1. The Morgan fingerprint density at radius 1 is 0.929 bits per heavy atom. The van der Waals surface area contributed by atoms with Gasteiger partial charge in [0.25, 0.3) is 11.1 Å². The summed E-state index contributed by atoms with van der Waals surface area (Å²) in [6.07, 6.45) is 1.69. The van der Waals surface area contributed by atoms with E-state index < -0.39 is 0 Å². The maximum atomic E-state index is 12.8. The minimum absolute atomic E-state index is 0.0100. The number of piperidine rings is 1. The fraction of sp³-hybridized carbons (Fsp3) is 0.227. The van der Waals surface area contributed by atoms with E-state index in [0.717, 1.165) is 34.0 Å². The van der Waals surface area contributed by atoms with Crippen LogP contribution in [-0.2, 0) is 0 Å². The third-order valence-electron chi connectivity index (χ3n) is 5.09. The lowest BCUT2D eigenvalue weighted by molar-refractivity contribution is 0.0590. The molecule has 0 unspecified atom stereocenters. The highest BCUT2D eigenvalue weighted by atomic mass is 32.1. The van der Waals surface area contributed by atoms with Crippen molar-refractivity contribution in [2.24, 2.45) is 0 Å². The van der Waals surface area contributed by atoms with Crippen molar-refractivity contribution in [2.75, 3.05) is 13.1 Å². The summed E-state index contributed by atoms with van der Waals surface area (Å²) in [5, 5.41) is 1.75. The molecule has 3 heterocycles. The Bertz CT molecular complexity index is 1120. The highest BCUT2D eigenvalue weighted by Gasteiger charge is 2.26. The number of pyridine rings is 1. The predicted octanol–water partition coefficient (Wildman–Crippen LogP) is 4.53. The molecule has 0 aliphatic carbocycles. The standard InChI is InChI=1S/C22H19N3O2S/c26-21(19-10-9-15-5-1-2-6-17(15)23-19)25-13-11-16(12-14-25)27-22-24-18-7-3-4-8-20(18)28-22/h1-10,16H,11-14H2. The largest absolute Gasteiger partial charge is 0.467 e. The molecule has 28 heavy (non-hydrogen) atoms. The highest BCUT2D eigenvalue weighted by molar-refractivity contribution is 7.20. The van der Waals surface area contributed by atoms with Crippen LogP contribution in [0.4, 0.5) is 0 Å². The van der Waals surface area contributed by atoms with E-state index >= 15 is 0 Å². The Labute approximate surface area is 166 Å². The summed E-state index contributed by atoms with van der Waals surface area (Å²) in [7, 11) is 0. The van der Waals surface area contributed by atoms with Crippen molar-refractivity contribution in [1.82, 2.24) is 14.9 Å². The van der Waals surface area contributed by atoms with Crippen LogP contribution in [0, 0.1) is 0 Å². The number of para-hydroxylation sites is 2. The quantitative estimate of drug-likeness (QED) is 0.517. The van der Waals surface area contributed by atoms with Gasteiger partial charge in [0.1, 0.15) is 11.8 Å². The second kappa shape index (κ2) is 7.20. The zero-order chi connectivity index (χ0) is 18.9. The third kappa shape index (κ3) is 3.31. The summed E-state index contributed by atoms with van der Waals surface area (Å²) in [6, 6.07) is 19.7. The monoisotopic (exact) mass is 389 g/mol. The summed E-state index contributed by atoms with van der Waals surface area (Å²) in [5.74, 6) is -0.0100. The smallest absolute Gasteiger partial charge is 0.274 e. The van der Waals surface area contributed by atoms with Crippen molar-refractivity contribution < 1.29 is 9.53 Å². The Kier molecular flexibility index (Phi) is 4.41. The van der Waals surface area contributed by atoms with Crippen LogP contribution in [0.25, 0.3) is 21.1 Å². The molecule has 2 aromatic heterocycles. The molecule has 2 aromatic carbocycles. The summed E-state index contributed by atoms with van der Waals surface area (Å²) in [4.78, 5) is 23.8. The Balaban J connectivity index is 1.24. The van der Waals surface area contributed by atoms with Crippen LogP contribution < -0.4 is 4.74 Å². The van der Waals surface area contributed by atoms with Crippen LogP contribution >= 0.6 is 11.3 Å². The van der Waals surface area contributed by atoms with Crippen molar-refractivity contribution in [3.8, 4) is 5.19 Å². The Morgan fingerprint density at radius 3 is 2.50 bits per heavy atom. The van der Waals surface area contributed by atoms with Gasteiger partial charge in [-0.15, -0.1) is 0 Å². The first kappa shape index (κ1) is 17.1. The van der Waals surface area contributed by atoms with E-state index in [0.29, 0.717) is 24.0 Å². The van der Waals surface area contributed by atoms with Gasteiger partial charge < -0.3 is 9.64 Å². The molecule has 1 amide bonds. The van der Waals surface area contributed by atoms with Crippen molar-refractivity contribution in [2.45, 2.75) is 18.9 Å². The number of hydrogen-bond acceptors (Lipinski definition) is 5. The molecule has 1 aliphatic rings. The van der Waals surface area contributed by atoms with Gasteiger partial charge in [0.05, 0.1) is 15.7 Å². The summed E-state index contributed by atoms with van der Waals surface area (Å²) in [5.41, 5.74) is 2.32. The van der Waals surface area contributed by atoms with Crippen molar-refractivity contribution in [3.05, 3.63) is 66.4 Å². The minimum Gasteiger partial charge on any atom is -0.467 e. The lowest BCUT2D eigenvalue weighted by atomic mass is 10.1. The lowest BCUT2D eigenvalue weighted by Gasteiger charge is -2.31. The Morgan fingerprint density at radius 2 is 1.68 bits per heavy atom. The number of hydrogen-bond donors (Lipinski definition) is 0. The normalized spacial score (nSPS) is 15.2. The van der Waals surface area contributed by atoms with Crippen LogP contribution in [-0.4, -0.2) is 40.0 Å². The summed E-state index contributed by atoms with van der Waals surface area (Å²) < 4.78 is 7.22. The number of nitrogens with zero attached hydrogens (tertiary/aromatic N) is 3. The summed E-state index contributed by atoms with van der Waals surface area (Å²) in [6.45, 7) is 1.34. The van der Waals surface area contributed by atoms with E-state index in [-0.39, 0.29) is 12.0 Å². The number of amides is 1. The molecule has 140 valence electrons. The van der Waals surface area contributed by atoms with Crippen LogP contribution in [0.15, 0.2) is 60.7 Å². The number of thiazole rings is 1. The topological polar surface area (TPSA) is 55.3 Å². The SMILES string of the molecule is O=C(c1ccc2ccccc2n1)N1CCC(Oc2nc3ccccc3s2)CC1. The molecule has 0 N–H and O–H groups in total. The van der Waals surface area contributed by atoms with E-state index in [2.05, 4.69) is 16.0 Å². The van der Waals surface area contributed by atoms with E-state index in [1.165, 1.54) is 0 Å². The number of aromatic nitrogens is 2. The number of carbonyl (C=O) groups is 1. The van der Waals surface area contributed by atoms with Gasteiger partial charge in [0.2, 0.25) is 0 Å². The molecule has 0 saturated carbocycles. The molecule has 1 aliphatic heterocycles. The molecule has 0 radical (unpaired) electrons. The van der Waals surface area contributed by atoms with E-state index in [4.69, 9.17) is 4.74 Å². The number of carbonyl (C=O) groups excluding carboxylic acids is 1. The second-order valence-corrected chi connectivity index (χ2v) is 7.94. The molecule has 5 nitrogen and oxygen atoms in total. The first-order chi connectivity index (χ1) is 13.8. The molecule has 5 rings (SSSR count). The molecule has 0 spiro atoms. The second-order valence-electron chi connectivity index (χ2n) is 6.95. The number of likely N-dealkylation sites (tertiary alicyclic amines) is 1. The van der Waals surface area contributed by atoms with Crippen LogP contribution in [0.1, 0.15) is 23.3 Å².